The highest BCUT2D eigenvalue weighted by atomic mass is 35.5. The molecule has 6 aromatic rings. The Kier molecular flexibility index (Phi) is 10.9. The van der Waals surface area contributed by atoms with Crippen LogP contribution in [0.3, 0.4) is 0 Å². The molecule has 0 spiro atoms. The average Bonchev–Trinajstić information content (AvgIpc) is 3.55. The molecule has 0 saturated heterocycles. The molecule has 2 aliphatic heterocycles. The molecule has 8 rings (SSSR count). The summed E-state index contributed by atoms with van der Waals surface area (Å²) in [6.45, 7) is 0.441. The van der Waals surface area contributed by atoms with Crippen molar-refractivity contribution in [3.8, 4) is 45.0 Å². The van der Waals surface area contributed by atoms with E-state index in [1.807, 2.05) is 0 Å². The molecule has 1 atom stereocenters. The van der Waals surface area contributed by atoms with Gasteiger partial charge in [0.25, 0.3) is 5.91 Å². The molecule has 1 amide bonds. The standard InChI is InChI=1S/C38H28ClF4N5O7S/c1-19-25-7-8-26(32(19)39)48-29(49)17-53-24-6-9-27(54-16-23-10-12-44-37(47-23)52-13-11-38(41,42)43)21(14-24)15-28(36(50)51)55-34-31-30(25)33(56-35(31)46-18-45-34)20-2-4-22(40)5-3-20/h2-10,12,14,18,28H,11,13,15-17H2,1H3,(H,48,49)(H,50,51)/t28-/m1/s1. The first kappa shape index (κ1) is 38.2. The van der Waals surface area contributed by atoms with Gasteiger partial charge in [-0.25, -0.2) is 24.1 Å². The van der Waals surface area contributed by atoms with Gasteiger partial charge in [-0.15, -0.1) is 11.3 Å². The van der Waals surface area contributed by atoms with Crippen molar-refractivity contribution in [2.24, 2.45) is 0 Å². The van der Waals surface area contributed by atoms with Crippen molar-refractivity contribution in [3.05, 3.63) is 101 Å². The van der Waals surface area contributed by atoms with Crippen molar-refractivity contribution in [1.29, 1.82) is 0 Å². The third-order valence-electron chi connectivity index (χ3n) is 8.51. The highest BCUT2D eigenvalue weighted by molar-refractivity contribution is 7.22. The number of carbonyl (C=O) groups is 2. The fourth-order valence-corrected chi connectivity index (χ4v) is 7.21. The molecular weight excluding hydrogens is 782 g/mol. The SMILES string of the molecule is Cc1c2ccc(c1Cl)NC(=O)COc1ccc(OCc3ccnc(OCCC(F)(F)F)n3)c(c1)C[C@H](C(=O)O)Oc1ncnc3sc(-c4ccc(F)cc4)c-2c13. The molecular formula is C38H28ClF4N5O7S. The molecule has 3 aromatic carbocycles. The Morgan fingerprint density at radius 1 is 1.07 bits per heavy atom. The van der Waals surface area contributed by atoms with E-state index in [-0.39, 0.29) is 47.1 Å². The van der Waals surface area contributed by atoms with Crippen LogP contribution in [-0.2, 0) is 22.6 Å². The maximum atomic E-state index is 14.0. The summed E-state index contributed by atoms with van der Waals surface area (Å²) in [5.41, 5.74) is 3.24. The van der Waals surface area contributed by atoms with Gasteiger partial charge < -0.3 is 29.4 Å². The smallest absolute Gasteiger partial charge is 0.392 e. The van der Waals surface area contributed by atoms with Crippen LogP contribution in [0.4, 0.5) is 23.2 Å². The minimum atomic E-state index is -4.42. The largest absolute Gasteiger partial charge is 0.487 e. The molecule has 288 valence electrons. The van der Waals surface area contributed by atoms with Gasteiger partial charge in [0, 0.05) is 28.6 Å². The molecule has 2 N–H and O–H groups in total. The second-order valence-electron chi connectivity index (χ2n) is 12.4. The van der Waals surface area contributed by atoms with Crippen molar-refractivity contribution in [2.45, 2.75) is 38.7 Å². The molecule has 12 nitrogen and oxygen atoms in total. The number of anilines is 1. The number of ether oxygens (including phenoxy) is 4. The van der Waals surface area contributed by atoms with Gasteiger partial charge in [0.1, 0.15) is 41.7 Å². The van der Waals surface area contributed by atoms with Crippen molar-refractivity contribution in [1.82, 2.24) is 19.9 Å². The Morgan fingerprint density at radius 2 is 1.88 bits per heavy atom. The van der Waals surface area contributed by atoms with Gasteiger partial charge in [-0.05, 0) is 66.1 Å². The lowest BCUT2D eigenvalue weighted by Gasteiger charge is -2.19. The number of rotatable bonds is 8. The number of hydrogen-bond acceptors (Lipinski definition) is 11. The molecule has 0 aliphatic carbocycles. The molecule has 0 fully saturated rings. The first-order valence-corrected chi connectivity index (χ1v) is 17.9. The first-order chi connectivity index (χ1) is 26.8. The van der Waals surface area contributed by atoms with Gasteiger partial charge >= 0.3 is 18.2 Å². The van der Waals surface area contributed by atoms with Crippen LogP contribution >= 0.6 is 22.9 Å². The van der Waals surface area contributed by atoms with Crippen LogP contribution in [0.15, 0.2) is 73.2 Å². The summed E-state index contributed by atoms with van der Waals surface area (Å²) in [7, 11) is 0. The summed E-state index contributed by atoms with van der Waals surface area (Å²) >= 11 is 8.11. The number of carboxylic acids is 1. The van der Waals surface area contributed by atoms with Crippen LogP contribution in [0.25, 0.3) is 31.8 Å². The van der Waals surface area contributed by atoms with E-state index in [9.17, 15) is 32.3 Å². The van der Waals surface area contributed by atoms with Crippen LogP contribution in [0.1, 0.15) is 23.2 Å². The normalized spacial score (nSPS) is 14.4. The summed E-state index contributed by atoms with van der Waals surface area (Å²) in [5.74, 6) is -1.97. The van der Waals surface area contributed by atoms with Crippen LogP contribution in [0.2, 0.25) is 5.02 Å². The number of nitrogens with one attached hydrogen (secondary N) is 1. The van der Waals surface area contributed by atoms with Crippen LogP contribution < -0.4 is 24.3 Å². The average molecular weight is 810 g/mol. The summed E-state index contributed by atoms with van der Waals surface area (Å²) < 4.78 is 74.9. The quantitative estimate of drug-likeness (QED) is 0.143. The Hall–Kier alpha value is -6.07. The number of aromatic nitrogens is 4. The van der Waals surface area contributed by atoms with E-state index in [1.54, 1.807) is 31.2 Å². The third kappa shape index (κ3) is 8.58. The molecule has 0 radical (unpaired) electrons. The number of aliphatic carboxylic acids is 1. The number of fused-ring (bicyclic) bond motifs is 7. The molecule has 0 unspecified atom stereocenters. The predicted octanol–water partition coefficient (Wildman–Crippen LogP) is 8.23. The fourth-order valence-electron chi connectivity index (χ4n) is 5.84. The number of amides is 1. The van der Waals surface area contributed by atoms with Gasteiger partial charge in [0.2, 0.25) is 12.0 Å². The minimum Gasteiger partial charge on any atom is -0.487 e. The predicted molar refractivity (Wildman–Crippen MR) is 197 cm³/mol. The zero-order valence-electron chi connectivity index (χ0n) is 29.0. The number of thiophene rings is 1. The van der Waals surface area contributed by atoms with Gasteiger partial charge in [-0.1, -0.05) is 29.8 Å². The van der Waals surface area contributed by atoms with Gasteiger partial charge in [-0.3, -0.25) is 4.79 Å². The topological polar surface area (TPSA) is 155 Å². The number of benzene rings is 3. The number of halogens is 5. The third-order valence-corrected chi connectivity index (χ3v) is 10.1. The van der Waals surface area contributed by atoms with Crippen LogP contribution in [-0.4, -0.2) is 62.4 Å². The molecule has 3 aromatic heterocycles. The molecule has 4 bridgehead atoms. The number of alkyl halides is 3. The number of carboxylic acid groups (broad SMARTS) is 1. The zero-order chi connectivity index (χ0) is 39.6. The van der Waals surface area contributed by atoms with Gasteiger partial charge in [0.15, 0.2) is 6.61 Å². The van der Waals surface area contributed by atoms with E-state index in [2.05, 4.69) is 25.3 Å². The number of carbonyl (C=O) groups excluding carboxylic acids is 1. The second kappa shape index (κ2) is 16.0. The number of nitrogens with zero attached hydrogens (tertiary/aromatic N) is 4. The zero-order valence-corrected chi connectivity index (χ0v) is 30.6. The van der Waals surface area contributed by atoms with Crippen molar-refractivity contribution >= 4 is 50.7 Å². The van der Waals surface area contributed by atoms with E-state index in [4.69, 9.17) is 30.5 Å². The van der Waals surface area contributed by atoms with Crippen LogP contribution in [0.5, 0.6) is 23.4 Å². The maximum Gasteiger partial charge on any atom is 0.392 e. The lowest BCUT2D eigenvalue weighted by atomic mass is 9.95. The Balaban J connectivity index is 1.28. The van der Waals surface area contributed by atoms with E-state index in [0.717, 1.165) is 0 Å². The summed E-state index contributed by atoms with van der Waals surface area (Å²) in [6, 6.07) is 14.9. The minimum absolute atomic E-state index is 0.0480. The summed E-state index contributed by atoms with van der Waals surface area (Å²) in [5, 5.41) is 13.9. The maximum absolute atomic E-state index is 14.0. The van der Waals surface area contributed by atoms with E-state index < -0.39 is 49.6 Å². The van der Waals surface area contributed by atoms with E-state index in [1.165, 1.54) is 60.3 Å². The van der Waals surface area contributed by atoms with Crippen molar-refractivity contribution in [2.75, 3.05) is 18.5 Å². The first-order valence-electron chi connectivity index (χ1n) is 16.7. The summed E-state index contributed by atoms with van der Waals surface area (Å²) in [4.78, 5) is 43.9. The van der Waals surface area contributed by atoms with Crippen LogP contribution in [0, 0.1) is 12.7 Å². The highest BCUT2D eigenvalue weighted by Gasteiger charge is 2.29. The van der Waals surface area contributed by atoms with E-state index in [0.29, 0.717) is 48.6 Å². The van der Waals surface area contributed by atoms with E-state index >= 15 is 0 Å². The Labute approximate surface area is 324 Å². The second-order valence-corrected chi connectivity index (χ2v) is 13.7. The monoisotopic (exact) mass is 809 g/mol. The lowest BCUT2D eigenvalue weighted by Crippen LogP contribution is -2.30. The van der Waals surface area contributed by atoms with Crippen molar-refractivity contribution in [3.63, 3.8) is 0 Å². The summed E-state index contributed by atoms with van der Waals surface area (Å²) in [6.07, 6.45) is -4.91. The number of hydrogen-bond donors (Lipinski definition) is 2. The molecule has 5 heterocycles. The molecule has 56 heavy (non-hydrogen) atoms. The lowest BCUT2D eigenvalue weighted by molar-refractivity contribution is -0.145. The van der Waals surface area contributed by atoms with Gasteiger partial charge in [0.05, 0.1) is 28.2 Å². The van der Waals surface area contributed by atoms with Gasteiger partial charge in [-0.2, -0.15) is 18.2 Å². The Bertz CT molecular complexity index is 2450. The highest BCUT2D eigenvalue weighted by Crippen LogP contribution is 2.49. The fraction of sp³-hybridized carbons (Fsp3) is 0.211. The molecule has 0 saturated carbocycles. The molecule has 2 aliphatic rings. The van der Waals surface area contributed by atoms with Crippen molar-refractivity contribution < 1.29 is 51.2 Å². The Morgan fingerprint density at radius 3 is 2.64 bits per heavy atom. The molecule has 18 heteroatoms.